The summed E-state index contributed by atoms with van der Waals surface area (Å²) >= 11 is 0. The van der Waals surface area contributed by atoms with Gasteiger partial charge in [0, 0.05) is 27.3 Å². The van der Waals surface area contributed by atoms with E-state index in [0.29, 0.717) is 6.61 Å². The molecular weight excluding hydrogens is 226 g/mol. The number of benzene rings is 1. The summed E-state index contributed by atoms with van der Waals surface area (Å²) in [5, 5.41) is 3.49. The SMILES string of the molecule is COCc1ccc(CNCC2(OC)CCC2)cc1. The monoisotopic (exact) mass is 249 g/mol. The van der Waals surface area contributed by atoms with E-state index in [1.54, 1.807) is 7.11 Å². The van der Waals surface area contributed by atoms with Gasteiger partial charge in [-0.1, -0.05) is 24.3 Å². The van der Waals surface area contributed by atoms with Crippen LogP contribution in [0.2, 0.25) is 0 Å². The third kappa shape index (κ3) is 3.31. The molecule has 3 nitrogen and oxygen atoms in total. The highest BCUT2D eigenvalue weighted by atomic mass is 16.5. The van der Waals surface area contributed by atoms with E-state index >= 15 is 0 Å². The minimum atomic E-state index is 0.107. The van der Waals surface area contributed by atoms with Crippen molar-refractivity contribution in [2.45, 2.75) is 38.0 Å². The van der Waals surface area contributed by atoms with Crippen molar-refractivity contribution in [2.24, 2.45) is 0 Å². The van der Waals surface area contributed by atoms with E-state index in [4.69, 9.17) is 9.47 Å². The molecule has 0 aromatic heterocycles. The molecule has 1 aromatic carbocycles. The molecule has 0 bridgehead atoms. The molecule has 0 heterocycles. The maximum absolute atomic E-state index is 5.58. The summed E-state index contributed by atoms with van der Waals surface area (Å²) in [6.45, 7) is 2.53. The number of nitrogens with one attached hydrogen (secondary N) is 1. The van der Waals surface area contributed by atoms with E-state index in [9.17, 15) is 0 Å². The smallest absolute Gasteiger partial charge is 0.0802 e. The summed E-state index contributed by atoms with van der Waals surface area (Å²) < 4.78 is 10.7. The predicted octanol–water partition coefficient (Wildman–Crippen LogP) is 2.49. The molecule has 18 heavy (non-hydrogen) atoms. The minimum Gasteiger partial charge on any atom is -0.380 e. The number of methoxy groups -OCH3 is 2. The second kappa shape index (κ2) is 6.32. The van der Waals surface area contributed by atoms with Gasteiger partial charge in [-0.15, -0.1) is 0 Å². The Kier molecular flexibility index (Phi) is 4.75. The molecular formula is C15H23NO2. The summed E-state index contributed by atoms with van der Waals surface area (Å²) in [6.07, 6.45) is 3.66. The molecule has 1 aliphatic carbocycles. The first-order valence-electron chi connectivity index (χ1n) is 6.61. The first-order valence-corrected chi connectivity index (χ1v) is 6.61. The Bertz CT molecular complexity index is 352. The summed E-state index contributed by atoms with van der Waals surface area (Å²) in [7, 11) is 3.54. The quantitative estimate of drug-likeness (QED) is 0.805. The highest BCUT2D eigenvalue weighted by molar-refractivity contribution is 5.22. The fourth-order valence-electron chi connectivity index (χ4n) is 2.38. The predicted molar refractivity (Wildman–Crippen MR) is 72.5 cm³/mol. The lowest BCUT2D eigenvalue weighted by molar-refractivity contribution is -0.0695. The van der Waals surface area contributed by atoms with Crippen LogP contribution in [0.4, 0.5) is 0 Å². The first kappa shape index (κ1) is 13.5. The topological polar surface area (TPSA) is 30.5 Å². The maximum Gasteiger partial charge on any atom is 0.0802 e. The van der Waals surface area contributed by atoms with E-state index in [2.05, 4.69) is 29.6 Å². The maximum atomic E-state index is 5.58. The van der Waals surface area contributed by atoms with Crippen LogP contribution in [-0.2, 0) is 22.6 Å². The average molecular weight is 249 g/mol. The van der Waals surface area contributed by atoms with Crippen LogP contribution in [0.15, 0.2) is 24.3 Å². The fraction of sp³-hybridized carbons (Fsp3) is 0.600. The Morgan fingerprint density at radius 3 is 2.28 bits per heavy atom. The Morgan fingerprint density at radius 2 is 1.78 bits per heavy atom. The van der Waals surface area contributed by atoms with E-state index in [-0.39, 0.29) is 5.60 Å². The molecule has 0 saturated heterocycles. The first-order chi connectivity index (χ1) is 8.78. The second-order valence-corrected chi connectivity index (χ2v) is 5.09. The van der Waals surface area contributed by atoms with Crippen LogP contribution in [0, 0.1) is 0 Å². The van der Waals surface area contributed by atoms with Crippen molar-refractivity contribution in [2.75, 3.05) is 20.8 Å². The van der Waals surface area contributed by atoms with Crippen molar-refractivity contribution in [3.63, 3.8) is 0 Å². The lowest BCUT2D eigenvalue weighted by Crippen LogP contribution is -2.47. The van der Waals surface area contributed by atoms with Gasteiger partial charge in [-0.2, -0.15) is 0 Å². The summed E-state index contributed by atoms with van der Waals surface area (Å²) in [6, 6.07) is 8.55. The number of rotatable bonds is 7. The second-order valence-electron chi connectivity index (χ2n) is 5.09. The van der Waals surface area contributed by atoms with Crippen molar-refractivity contribution in [3.05, 3.63) is 35.4 Å². The van der Waals surface area contributed by atoms with Gasteiger partial charge in [0.05, 0.1) is 12.2 Å². The van der Waals surface area contributed by atoms with Gasteiger partial charge in [-0.3, -0.25) is 0 Å². The van der Waals surface area contributed by atoms with Gasteiger partial charge in [0.1, 0.15) is 0 Å². The van der Waals surface area contributed by atoms with Crippen LogP contribution in [-0.4, -0.2) is 26.4 Å². The van der Waals surface area contributed by atoms with Gasteiger partial charge in [-0.05, 0) is 30.4 Å². The number of ether oxygens (including phenoxy) is 2. The number of hydrogen-bond donors (Lipinski definition) is 1. The molecule has 1 aliphatic rings. The van der Waals surface area contributed by atoms with Crippen LogP contribution in [0.5, 0.6) is 0 Å². The molecule has 0 aliphatic heterocycles. The highest BCUT2D eigenvalue weighted by Gasteiger charge is 2.36. The molecule has 3 heteroatoms. The summed E-state index contributed by atoms with van der Waals surface area (Å²) in [4.78, 5) is 0. The Labute approximate surface area is 109 Å². The fourth-order valence-corrected chi connectivity index (χ4v) is 2.38. The van der Waals surface area contributed by atoms with Crippen molar-refractivity contribution in [1.82, 2.24) is 5.32 Å². The molecule has 100 valence electrons. The summed E-state index contributed by atoms with van der Waals surface area (Å²) in [5.41, 5.74) is 2.63. The zero-order valence-corrected chi connectivity index (χ0v) is 11.4. The third-order valence-electron chi connectivity index (χ3n) is 3.81. The van der Waals surface area contributed by atoms with E-state index in [1.165, 1.54) is 30.4 Å². The van der Waals surface area contributed by atoms with Gasteiger partial charge in [0.15, 0.2) is 0 Å². The van der Waals surface area contributed by atoms with E-state index in [0.717, 1.165) is 13.1 Å². The van der Waals surface area contributed by atoms with Crippen molar-refractivity contribution in [3.8, 4) is 0 Å². The van der Waals surface area contributed by atoms with Crippen LogP contribution in [0.3, 0.4) is 0 Å². The van der Waals surface area contributed by atoms with Crippen molar-refractivity contribution < 1.29 is 9.47 Å². The minimum absolute atomic E-state index is 0.107. The summed E-state index contributed by atoms with van der Waals surface area (Å²) in [5.74, 6) is 0. The van der Waals surface area contributed by atoms with Gasteiger partial charge in [0.25, 0.3) is 0 Å². The molecule has 1 N–H and O–H groups in total. The highest BCUT2D eigenvalue weighted by Crippen LogP contribution is 2.34. The third-order valence-corrected chi connectivity index (χ3v) is 3.81. The average Bonchev–Trinajstić information content (AvgIpc) is 2.35. The van der Waals surface area contributed by atoms with Gasteiger partial charge < -0.3 is 14.8 Å². The van der Waals surface area contributed by atoms with Crippen LogP contribution < -0.4 is 5.32 Å². The molecule has 2 rings (SSSR count). The Hall–Kier alpha value is -0.900. The molecule has 1 aromatic rings. The van der Waals surface area contributed by atoms with Crippen LogP contribution >= 0.6 is 0 Å². The van der Waals surface area contributed by atoms with Gasteiger partial charge >= 0.3 is 0 Å². The van der Waals surface area contributed by atoms with E-state index < -0.39 is 0 Å². The zero-order chi connectivity index (χ0) is 12.8. The lowest BCUT2D eigenvalue weighted by atomic mass is 9.80. The van der Waals surface area contributed by atoms with Crippen molar-refractivity contribution >= 4 is 0 Å². The molecule has 0 unspecified atom stereocenters. The van der Waals surface area contributed by atoms with Gasteiger partial charge in [-0.25, -0.2) is 0 Å². The molecule has 0 amide bonds. The Balaban J connectivity index is 1.76. The lowest BCUT2D eigenvalue weighted by Gasteiger charge is -2.40. The molecule has 0 spiro atoms. The molecule has 0 atom stereocenters. The van der Waals surface area contributed by atoms with Crippen molar-refractivity contribution in [1.29, 1.82) is 0 Å². The zero-order valence-electron chi connectivity index (χ0n) is 11.4. The number of hydrogen-bond acceptors (Lipinski definition) is 3. The molecule has 1 saturated carbocycles. The standard InChI is InChI=1S/C15H23NO2/c1-17-11-14-6-4-13(5-7-14)10-16-12-15(18-2)8-3-9-15/h4-7,16H,3,8-12H2,1-2H3. The van der Waals surface area contributed by atoms with Crippen LogP contribution in [0.1, 0.15) is 30.4 Å². The largest absolute Gasteiger partial charge is 0.380 e. The molecule has 1 fully saturated rings. The molecule has 0 radical (unpaired) electrons. The Morgan fingerprint density at radius 1 is 1.11 bits per heavy atom. The van der Waals surface area contributed by atoms with Crippen LogP contribution in [0.25, 0.3) is 0 Å². The normalized spacial score (nSPS) is 17.4. The van der Waals surface area contributed by atoms with Gasteiger partial charge in [0.2, 0.25) is 0 Å². The van der Waals surface area contributed by atoms with E-state index in [1.807, 2.05) is 7.11 Å².